The van der Waals surface area contributed by atoms with Crippen LogP contribution in [0.1, 0.15) is 18.5 Å². The van der Waals surface area contributed by atoms with E-state index in [4.69, 9.17) is 0 Å². The van der Waals surface area contributed by atoms with E-state index in [1.54, 1.807) is 0 Å². The zero-order chi connectivity index (χ0) is 13.9. The summed E-state index contributed by atoms with van der Waals surface area (Å²) in [6.07, 6.45) is 0. The average Bonchev–Trinajstić information content (AvgIpc) is 2.48. The van der Waals surface area contributed by atoms with Crippen LogP contribution in [0.15, 0.2) is 54.6 Å². The summed E-state index contributed by atoms with van der Waals surface area (Å²) >= 11 is 2.38. The van der Waals surface area contributed by atoms with Crippen molar-refractivity contribution in [2.75, 3.05) is 18.0 Å². The summed E-state index contributed by atoms with van der Waals surface area (Å²) in [5.41, 5.74) is 2.70. The molecule has 1 heterocycles. The SMILES string of the molecule is CC1CNC(c2ccccc2)CN1c1cccc(I)c1. The van der Waals surface area contributed by atoms with Crippen molar-refractivity contribution >= 4 is 28.3 Å². The molecule has 1 aliphatic heterocycles. The number of benzene rings is 2. The number of rotatable bonds is 2. The van der Waals surface area contributed by atoms with Crippen LogP contribution in [0, 0.1) is 3.57 Å². The van der Waals surface area contributed by atoms with Crippen LogP contribution in [0.2, 0.25) is 0 Å². The highest BCUT2D eigenvalue weighted by Gasteiger charge is 2.25. The number of piperazine rings is 1. The summed E-state index contributed by atoms with van der Waals surface area (Å²) in [5.74, 6) is 0. The van der Waals surface area contributed by atoms with Gasteiger partial charge in [-0.3, -0.25) is 0 Å². The molecule has 1 N–H and O–H groups in total. The van der Waals surface area contributed by atoms with Crippen LogP contribution in [-0.4, -0.2) is 19.1 Å². The first-order chi connectivity index (χ1) is 9.74. The van der Waals surface area contributed by atoms with E-state index in [-0.39, 0.29) is 0 Å². The predicted octanol–water partition coefficient (Wildman–Crippen LogP) is 3.83. The van der Waals surface area contributed by atoms with Crippen LogP contribution in [0.4, 0.5) is 5.69 Å². The monoisotopic (exact) mass is 378 g/mol. The molecule has 3 heteroatoms. The van der Waals surface area contributed by atoms with Crippen LogP contribution in [0.5, 0.6) is 0 Å². The zero-order valence-corrected chi connectivity index (χ0v) is 13.7. The molecule has 0 aromatic heterocycles. The summed E-state index contributed by atoms with van der Waals surface area (Å²) in [6, 6.07) is 20.4. The van der Waals surface area contributed by atoms with E-state index in [1.807, 2.05) is 0 Å². The highest BCUT2D eigenvalue weighted by molar-refractivity contribution is 14.1. The lowest BCUT2D eigenvalue weighted by atomic mass is 10.0. The Morgan fingerprint density at radius 1 is 1.10 bits per heavy atom. The van der Waals surface area contributed by atoms with Gasteiger partial charge in [-0.2, -0.15) is 0 Å². The van der Waals surface area contributed by atoms with Gasteiger partial charge < -0.3 is 10.2 Å². The first kappa shape index (κ1) is 13.9. The molecular weight excluding hydrogens is 359 g/mol. The van der Waals surface area contributed by atoms with E-state index in [0.29, 0.717) is 12.1 Å². The molecule has 20 heavy (non-hydrogen) atoms. The van der Waals surface area contributed by atoms with Crippen LogP contribution in [-0.2, 0) is 0 Å². The van der Waals surface area contributed by atoms with Gasteiger partial charge in [0, 0.05) is 34.4 Å². The lowest BCUT2D eigenvalue weighted by molar-refractivity contribution is 0.414. The first-order valence-corrected chi connectivity index (χ1v) is 8.12. The summed E-state index contributed by atoms with van der Waals surface area (Å²) in [6.45, 7) is 4.32. The van der Waals surface area contributed by atoms with E-state index in [2.05, 4.69) is 94.3 Å². The molecule has 0 aliphatic carbocycles. The summed E-state index contributed by atoms with van der Waals surface area (Å²) in [4.78, 5) is 2.51. The second-order valence-electron chi connectivity index (χ2n) is 5.35. The van der Waals surface area contributed by atoms with Crippen molar-refractivity contribution in [3.63, 3.8) is 0 Å². The smallest absolute Gasteiger partial charge is 0.0499 e. The maximum atomic E-state index is 3.66. The number of hydrogen-bond acceptors (Lipinski definition) is 2. The number of nitrogens with one attached hydrogen (secondary N) is 1. The number of anilines is 1. The molecule has 2 aromatic rings. The van der Waals surface area contributed by atoms with E-state index in [9.17, 15) is 0 Å². The quantitative estimate of drug-likeness (QED) is 0.800. The van der Waals surface area contributed by atoms with Gasteiger partial charge in [-0.1, -0.05) is 36.4 Å². The number of halogens is 1. The minimum Gasteiger partial charge on any atom is -0.366 e. The molecule has 0 spiro atoms. The lowest BCUT2D eigenvalue weighted by Gasteiger charge is -2.40. The van der Waals surface area contributed by atoms with Gasteiger partial charge in [0.05, 0.1) is 0 Å². The molecule has 3 rings (SSSR count). The number of nitrogens with zero attached hydrogens (tertiary/aromatic N) is 1. The second-order valence-corrected chi connectivity index (χ2v) is 6.60. The Hall–Kier alpha value is -1.07. The molecule has 2 nitrogen and oxygen atoms in total. The largest absolute Gasteiger partial charge is 0.366 e. The van der Waals surface area contributed by atoms with Gasteiger partial charge in [0.2, 0.25) is 0 Å². The van der Waals surface area contributed by atoms with Crippen LogP contribution in [0.3, 0.4) is 0 Å². The molecule has 2 aromatic carbocycles. The topological polar surface area (TPSA) is 15.3 Å². The first-order valence-electron chi connectivity index (χ1n) is 7.04. The van der Waals surface area contributed by atoms with Crippen molar-refractivity contribution in [1.29, 1.82) is 0 Å². The van der Waals surface area contributed by atoms with Gasteiger partial charge in [-0.15, -0.1) is 0 Å². The fourth-order valence-corrected chi connectivity index (χ4v) is 3.31. The Balaban J connectivity index is 1.84. The Labute approximate surface area is 134 Å². The summed E-state index contributed by atoms with van der Waals surface area (Å²) in [7, 11) is 0. The molecule has 1 aliphatic rings. The van der Waals surface area contributed by atoms with Gasteiger partial charge in [0.1, 0.15) is 0 Å². The van der Waals surface area contributed by atoms with Crippen molar-refractivity contribution in [3.8, 4) is 0 Å². The van der Waals surface area contributed by atoms with E-state index >= 15 is 0 Å². The Morgan fingerprint density at radius 3 is 2.65 bits per heavy atom. The van der Waals surface area contributed by atoms with Crippen molar-refractivity contribution in [3.05, 3.63) is 63.7 Å². The van der Waals surface area contributed by atoms with Crippen molar-refractivity contribution < 1.29 is 0 Å². The average molecular weight is 378 g/mol. The Bertz CT molecular complexity index is 570. The van der Waals surface area contributed by atoms with E-state index in [0.717, 1.165) is 13.1 Å². The van der Waals surface area contributed by atoms with Gasteiger partial charge >= 0.3 is 0 Å². The normalized spacial score (nSPS) is 22.8. The molecule has 104 valence electrons. The van der Waals surface area contributed by atoms with E-state index < -0.39 is 0 Å². The fraction of sp³-hybridized carbons (Fsp3) is 0.294. The summed E-state index contributed by atoms with van der Waals surface area (Å²) in [5, 5.41) is 3.66. The highest BCUT2D eigenvalue weighted by atomic mass is 127. The zero-order valence-electron chi connectivity index (χ0n) is 11.6. The minimum atomic E-state index is 0.408. The third-order valence-electron chi connectivity index (χ3n) is 3.91. The molecule has 1 saturated heterocycles. The third-order valence-corrected chi connectivity index (χ3v) is 4.58. The minimum absolute atomic E-state index is 0.408. The molecule has 0 bridgehead atoms. The summed E-state index contributed by atoms with van der Waals surface area (Å²) < 4.78 is 1.29. The van der Waals surface area contributed by atoms with Crippen LogP contribution >= 0.6 is 22.6 Å². The van der Waals surface area contributed by atoms with Gasteiger partial charge in [-0.25, -0.2) is 0 Å². The molecule has 0 radical (unpaired) electrons. The third kappa shape index (κ3) is 2.99. The van der Waals surface area contributed by atoms with Gasteiger partial charge in [0.25, 0.3) is 0 Å². The Morgan fingerprint density at radius 2 is 1.90 bits per heavy atom. The lowest BCUT2D eigenvalue weighted by Crippen LogP contribution is -2.51. The molecule has 0 saturated carbocycles. The standard InChI is InChI=1S/C17H19IN2/c1-13-11-19-17(14-6-3-2-4-7-14)12-20(13)16-9-5-8-15(18)10-16/h2-10,13,17,19H,11-12H2,1H3. The van der Waals surface area contributed by atoms with Crippen molar-refractivity contribution in [2.24, 2.45) is 0 Å². The van der Waals surface area contributed by atoms with E-state index in [1.165, 1.54) is 14.8 Å². The van der Waals surface area contributed by atoms with Gasteiger partial charge in [-0.05, 0) is 53.3 Å². The molecule has 1 fully saturated rings. The molecule has 2 atom stereocenters. The predicted molar refractivity (Wildman–Crippen MR) is 93.2 cm³/mol. The molecular formula is C17H19IN2. The van der Waals surface area contributed by atoms with Crippen LogP contribution in [0.25, 0.3) is 0 Å². The molecule has 0 amide bonds. The van der Waals surface area contributed by atoms with Crippen LogP contribution < -0.4 is 10.2 Å². The van der Waals surface area contributed by atoms with Crippen molar-refractivity contribution in [2.45, 2.75) is 19.0 Å². The second kappa shape index (κ2) is 6.14. The Kier molecular flexibility index (Phi) is 4.27. The maximum absolute atomic E-state index is 3.66. The fourth-order valence-electron chi connectivity index (χ4n) is 2.79. The molecule has 2 unspecified atom stereocenters. The van der Waals surface area contributed by atoms with Crippen molar-refractivity contribution in [1.82, 2.24) is 5.32 Å². The van der Waals surface area contributed by atoms with Gasteiger partial charge in [0.15, 0.2) is 0 Å². The highest BCUT2D eigenvalue weighted by Crippen LogP contribution is 2.26. The number of hydrogen-bond donors (Lipinski definition) is 1. The maximum Gasteiger partial charge on any atom is 0.0499 e.